The molecule has 1 aliphatic carbocycles. The largest absolute Gasteiger partial charge is 0.348 e. The van der Waals surface area contributed by atoms with Gasteiger partial charge in [-0.3, -0.25) is 0 Å². The van der Waals surface area contributed by atoms with Crippen molar-refractivity contribution in [1.29, 1.82) is 0 Å². The number of carbonyl (C=O) groups excluding carboxylic acids is 1. The molecule has 1 saturated heterocycles. The van der Waals surface area contributed by atoms with Gasteiger partial charge in [0.2, 0.25) is 0 Å². The molecule has 1 heterocycles. The van der Waals surface area contributed by atoms with Crippen LogP contribution in [-0.4, -0.2) is 25.3 Å². The predicted octanol–water partition coefficient (Wildman–Crippen LogP) is 4.63. The topological polar surface area (TPSA) is 35.5 Å². The number of aldehydes is 1. The van der Waals surface area contributed by atoms with Crippen LogP contribution < -0.4 is 0 Å². The maximum atomic E-state index is 13.0. The number of hydrogen-bond acceptors (Lipinski definition) is 3. The molecule has 0 N–H and O–H groups in total. The Kier molecular flexibility index (Phi) is 7.86. The van der Waals surface area contributed by atoms with Gasteiger partial charge in [-0.25, -0.2) is 4.39 Å². The molecule has 0 aromatic heterocycles. The zero-order valence-electron chi connectivity index (χ0n) is 14.7. The highest BCUT2D eigenvalue weighted by molar-refractivity contribution is 5.69. The first-order valence-electron chi connectivity index (χ1n) is 8.68. The Hall–Kier alpha value is -1.26. The van der Waals surface area contributed by atoms with Gasteiger partial charge in [-0.2, -0.15) is 0 Å². The first kappa shape index (κ1) is 19.8. The highest BCUT2D eigenvalue weighted by Gasteiger charge is 2.46. The number of rotatable bonds is 2. The van der Waals surface area contributed by atoms with E-state index >= 15 is 0 Å². The van der Waals surface area contributed by atoms with Gasteiger partial charge >= 0.3 is 0 Å². The third-order valence-electron chi connectivity index (χ3n) is 4.36. The van der Waals surface area contributed by atoms with Gasteiger partial charge in [0.05, 0.1) is 18.6 Å². The summed E-state index contributed by atoms with van der Waals surface area (Å²) in [6.07, 6.45) is 3.79. The normalized spacial score (nSPS) is 20.7. The maximum Gasteiger partial charge on any atom is 0.168 e. The summed E-state index contributed by atoms with van der Waals surface area (Å²) in [6.45, 7) is 9.26. The zero-order chi connectivity index (χ0) is 17.3. The molecule has 130 valence electrons. The zero-order valence-corrected chi connectivity index (χ0v) is 14.7. The second-order valence-electron chi connectivity index (χ2n) is 5.39. The quantitative estimate of drug-likeness (QED) is 0.744. The van der Waals surface area contributed by atoms with Crippen LogP contribution in [-0.2, 0) is 19.7 Å². The molecule has 3 nitrogen and oxygen atoms in total. The lowest BCUT2D eigenvalue weighted by molar-refractivity contribution is -0.184. The SMILES string of the molecule is CC.CC.O=CC1(c2ccc(F)cc2)CCC2(CC1)OCCO2. The molecule has 1 saturated carbocycles. The Morgan fingerprint density at radius 3 is 1.83 bits per heavy atom. The number of ether oxygens (including phenoxy) is 2. The molecule has 0 atom stereocenters. The highest BCUT2D eigenvalue weighted by Crippen LogP contribution is 2.45. The molecule has 2 aliphatic rings. The van der Waals surface area contributed by atoms with Gasteiger partial charge in [0.15, 0.2) is 5.79 Å². The average Bonchev–Trinajstić information content (AvgIpc) is 3.09. The summed E-state index contributed by atoms with van der Waals surface area (Å²) in [4.78, 5) is 11.6. The summed E-state index contributed by atoms with van der Waals surface area (Å²) in [5, 5.41) is 0. The fourth-order valence-electron chi connectivity index (χ4n) is 3.12. The van der Waals surface area contributed by atoms with Crippen molar-refractivity contribution in [2.24, 2.45) is 0 Å². The Bertz CT molecular complexity index is 454. The van der Waals surface area contributed by atoms with Gasteiger partial charge in [-0.1, -0.05) is 39.8 Å². The summed E-state index contributed by atoms with van der Waals surface area (Å²) < 4.78 is 24.3. The van der Waals surface area contributed by atoms with Gasteiger partial charge in [0.1, 0.15) is 12.1 Å². The molecule has 4 heteroatoms. The van der Waals surface area contributed by atoms with E-state index in [4.69, 9.17) is 9.47 Å². The smallest absolute Gasteiger partial charge is 0.168 e. The lowest BCUT2D eigenvalue weighted by Gasteiger charge is -2.40. The van der Waals surface area contributed by atoms with Crippen molar-refractivity contribution in [3.05, 3.63) is 35.6 Å². The predicted molar refractivity (Wildman–Crippen MR) is 89.9 cm³/mol. The van der Waals surface area contributed by atoms with Gasteiger partial charge < -0.3 is 14.3 Å². The maximum absolute atomic E-state index is 13.0. The Morgan fingerprint density at radius 2 is 1.39 bits per heavy atom. The van der Waals surface area contributed by atoms with Crippen LogP contribution in [0.5, 0.6) is 0 Å². The van der Waals surface area contributed by atoms with Gasteiger partial charge in [0.25, 0.3) is 0 Å². The summed E-state index contributed by atoms with van der Waals surface area (Å²) in [5.74, 6) is -0.758. The van der Waals surface area contributed by atoms with Crippen LogP contribution in [0, 0.1) is 5.82 Å². The van der Waals surface area contributed by atoms with Crippen LogP contribution in [0.4, 0.5) is 4.39 Å². The number of hydrogen-bond donors (Lipinski definition) is 0. The summed E-state index contributed by atoms with van der Waals surface area (Å²) >= 11 is 0. The molecule has 23 heavy (non-hydrogen) atoms. The van der Waals surface area contributed by atoms with Crippen LogP contribution >= 0.6 is 0 Å². The molecule has 0 unspecified atom stereocenters. The molecule has 1 aliphatic heterocycles. The second kappa shape index (κ2) is 9.14. The molecule has 3 rings (SSSR count). The van der Waals surface area contributed by atoms with Gasteiger partial charge in [0, 0.05) is 12.8 Å². The van der Waals surface area contributed by atoms with E-state index in [0.29, 0.717) is 38.9 Å². The monoisotopic (exact) mass is 324 g/mol. The van der Waals surface area contributed by atoms with Gasteiger partial charge in [-0.05, 0) is 30.5 Å². The average molecular weight is 324 g/mol. The van der Waals surface area contributed by atoms with Crippen LogP contribution in [0.15, 0.2) is 24.3 Å². The van der Waals surface area contributed by atoms with Crippen LogP contribution in [0.25, 0.3) is 0 Å². The molecular formula is C19H29FO3. The van der Waals surface area contributed by atoms with Crippen molar-refractivity contribution < 1.29 is 18.7 Å². The minimum absolute atomic E-state index is 0.278. The molecule has 1 aromatic carbocycles. The van der Waals surface area contributed by atoms with E-state index in [9.17, 15) is 9.18 Å². The van der Waals surface area contributed by atoms with Crippen molar-refractivity contribution >= 4 is 6.29 Å². The fourth-order valence-corrected chi connectivity index (χ4v) is 3.12. The molecule has 0 radical (unpaired) electrons. The second-order valence-corrected chi connectivity index (χ2v) is 5.39. The summed E-state index contributed by atoms with van der Waals surface area (Å²) in [5.41, 5.74) is 0.366. The van der Waals surface area contributed by atoms with Crippen molar-refractivity contribution in [2.45, 2.75) is 64.6 Å². The van der Waals surface area contributed by atoms with E-state index in [0.717, 1.165) is 11.8 Å². The van der Waals surface area contributed by atoms with Crippen molar-refractivity contribution in [3.8, 4) is 0 Å². The van der Waals surface area contributed by atoms with Crippen LogP contribution in [0.3, 0.4) is 0 Å². The van der Waals surface area contributed by atoms with Crippen molar-refractivity contribution in [3.63, 3.8) is 0 Å². The van der Waals surface area contributed by atoms with Crippen molar-refractivity contribution in [2.75, 3.05) is 13.2 Å². The van der Waals surface area contributed by atoms with Crippen LogP contribution in [0.2, 0.25) is 0 Å². The molecule has 0 bridgehead atoms. The van der Waals surface area contributed by atoms with Gasteiger partial charge in [-0.15, -0.1) is 0 Å². The van der Waals surface area contributed by atoms with E-state index in [1.165, 1.54) is 12.1 Å². The lowest BCUT2D eigenvalue weighted by Crippen LogP contribution is -2.43. The molecule has 1 aromatic rings. The standard InChI is InChI=1S/C15H17FO3.2C2H6/c16-13-3-1-12(2-4-13)14(11-17)5-7-15(8-6-14)18-9-10-19-15;2*1-2/h1-4,11H,5-10H2;2*1-2H3. The third kappa shape index (κ3) is 4.39. The molecular weight excluding hydrogens is 295 g/mol. The van der Waals surface area contributed by atoms with Crippen LogP contribution in [0.1, 0.15) is 58.9 Å². The van der Waals surface area contributed by atoms with E-state index in [2.05, 4.69) is 0 Å². The number of benzene rings is 1. The summed E-state index contributed by atoms with van der Waals surface area (Å²) in [6, 6.07) is 6.23. The highest BCUT2D eigenvalue weighted by atomic mass is 19.1. The van der Waals surface area contributed by atoms with E-state index in [1.807, 2.05) is 27.7 Å². The molecule has 1 spiro atoms. The van der Waals surface area contributed by atoms with E-state index in [-0.39, 0.29) is 5.82 Å². The molecule has 0 amide bonds. The Labute approximate surface area is 139 Å². The Morgan fingerprint density at radius 1 is 0.913 bits per heavy atom. The Balaban J connectivity index is 0.000000615. The number of carbonyl (C=O) groups is 1. The van der Waals surface area contributed by atoms with E-state index in [1.54, 1.807) is 12.1 Å². The molecule has 2 fully saturated rings. The minimum atomic E-state index is -0.520. The first-order valence-corrected chi connectivity index (χ1v) is 8.68. The first-order chi connectivity index (χ1) is 11.2. The lowest BCUT2D eigenvalue weighted by atomic mass is 9.69. The number of halogens is 1. The summed E-state index contributed by atoms with van der Waals surface area (Å²) in [7, 11) is 0. The third-order valence-corrected chi connectivity index (χ3v) is 4.36. The fraction of sp³-hybridized carbons (Fsp3) is 0.632. The van der Waals surface area contributed by atoms with Crippen molar-refractivity contribution in [1.82, 2.24) is 0 Å². The van der Waals surface area contributed by atoms with E-state index < -0.39 is 11.2 Å². The minimum Gasteiger partial charge on any atom is -0.348 e.